The molecule has 0 saturated heterocycles. The van der Waals surface area contributed by atoms with Crippen molar-refractivity contribution in [2.75, 3.05) is 7.05 Å². The quantitative estimate of drug-likeness (QED) is 0.703. The number of nitrogens with zero attached hydrogens (tertiary/aromatic N) is 3. The van der Waals surface area contributed by atoms with Crippen molar-refractivity contribution in [2.24, 2.45) is 0 Å². The normalized spacial score (nSPS) is 10.9. The number of carbonyl (C=O) groups excluding carboxylic acids is 1. The standard InChI is InChI=1S/C19H22N4O3/c1-13(2)17-10-16(26-22-17)11-23(3)19(24)18-9-14(20-21-18)12-25-15-7-5-4-6-8-15/h4-10,13H,11-12H2,1-3H3,(H,20,21). The lowest BCUT2D eigenvalue weighted by atomic mass is 10.1. The lowest BCUT2D eigenvalue weighted by Crippen LogP contribution is -2.26. The second kappa shape index (κ2) is 7.86. The molecule has 0 bridgehead atoms. The van der Waals surface area contributed by atoms with Gasteiger partial charge in [-0.3, -0.25) is 9.89 Å². The third kappa shape index (κ3) is 4.30. The molecule has 0 atom stereocenters. The summed E-state index contributed by atoms with van der Waals surface area (Å²) in [5, 5.41) is 10.9. The second-order valence-electron chi connectivity index (χ2n) is 6.41. The molecule has 0 aliphatic carbocycles. The van der Waals surface area contributed by atoms with E-state index in [4.69, 9.17) is 9.26 Å². The minimum absolute atomic E-state index is 0.199. The highest BCUT2D eigenvalue weighted by atomic mass is 16.5. The number of hydrogen-bond acceptors (Lipinski definition) is 5. The van der Waals surface area contributed by atoms with Gasteiger partial charge in [-0.05, 0) is 24.1 Å². The summed E-state index contributed by atoms with van der Waals surface area (Å²) in [6.07, 6.45) is 0. The van der Waals surface area contributed by atoms with Crippen LogP contribution in [0.3, 0.4) is 0 Å². The van der Waals surface area contributed by atoms with E-state index in [-0.39, 0.29) is 11.8 Å². The predicted molar refractivity (Wildman–Crippen MR) is 95.8 cm³/mol. The fourth-order valence-corrected chi connectivity index (χ4v) is 2.40. The number of rotatable bonds is 7. The number of amides is 1. The highest BCUT2D eigenvalue weighted by Gasteiger charge is 2.18. The Kier molecular flexibility index (Phi) is 5.36. The van der Waals surface area contributed by atoms with Gasteiger partial charge in [0, 0.05) is 13.1 Å². The molecular formula is C19H22N4O3. The maximum absolute atomic E-state index is 12.5. The average Bonchev–Trinajstić information content (AvgIpc) is 3.30. The molecular weight excluding hydrogens is 332 g/mol. The number of H-pyrrole nitrogens is 1. The number of benzene rings is 1. The van der Waals surface area contributed by atoms with Gasteiger partial charge in [-0.15, -0.1) is 0 Å². The van der Waals surface area contributed by atoms with E-state index in [1.807, 2.05) is 50.2 Å². The van der Waals surface area contributed by atoms with Crippen molar-refractivity contribution in [1.82, 2.24) is 20.3 Å². The van der Waals surface area contributed by atoms with Gasteiger partial charge in [0.05, 0.1) is 17.9 Å². The molecule has 0 aliphatic rings. The Balaban J connectivity index is 1.57. The molecule has 0 radical (unpaired) electrons. The smallest absolute Gasteiger partial charge is 0.274 e. The molecule has 0 spiro atoms. The number of nitrogens with one attached hydrogen (secondary N) is 1. The Labute approximate surface area is 151 Å². The van der Waals surface area contributed by atoms with Gasteiger partial charge < -0.3 is 14.2 Å². The van der Waals surface area contributed by atoms with Crippen LogP contribution in [-0.4, -0.2) is 33.2 Å². The van der Waals surface area contributed by atoms with Gasteiger partial charge in [0.2, 0.25) is 0 Å². The number of hydrogen-bond donors (Lipinski definition) is 1. The van der Waals surface area contributed by atoms with Crippen molar-refractivity contribution >= 4 is 5.91 Å². The Morgan fingerprint density at radius 3 is 2.73 bits per heavy atom. The van der Waals surface area contributed by atoms with Crippen molar-refractivity contribution in [2.45, 2.75) is 32.9 Å². The van der Waals surface area contributed by atoms with E-state index in [0.717, 1.165) is 17.1 Å². The number of carbonyl (C=O) groups is 1. The number of aromatic nitrogens is 3. The third-order valence-electron chi connectivity index (χ3n) is 3.90. The van der Waals surface area contributed by atoms with Gasteiger partial charge in [-0.1, -0.05) is 37.2 Å². The second-order valence-corrected chi connectivity index (χ2v) is 6.41. The lowest BCUT2D eigenvalue weighted by molar-refractivity contribution is 0.0766. The van der Waals surface area contributed by atoms with E-state index in [1.54, 1.807) is 18.0 Å². The first-order valence-electron chi connectivity index (χ1n) is 8.46. The number of ether oxygens (including phenoxy) is 1. The van der Waals surface area contributed by atoms with E-state index in [0.29, 0.717) is 24.6 Å². The minimum atomic E-state index is -0.199. The Hall–Kier alpha value is -3.09. The van der Waals surface area contributed by atoms with E-state index in [1.165, 1.54) is 0 Å². The van der Waals surface area contributed by atoms with Crippen molar-refractivity contribution in [3.63, 3.8) is 0 Å². The summed E-state index contributed by atoms with van der Waals surface area (Å²) in [6, 6.07) is 13.0. The molecule has 136 valence electrons. The number of aromatic amines is 1. The molecule has 3 rings (SSSR count). The maximum atomic E-state index is 12.5. The topological polar surface area (TPSA) is 84.2 Å². The molecule has 2 aromatic heterocycles. The van der Waals surface area contributed by atoms with Gasteiger partial charge >= 0.3 is 0 Å². The predicted octanol–water partition coefficient (Wildman–Crippen LogP) is 3.37. The van der Waals surface area contributed by atoms with Gasteiger partial charge in [-0.2, -0.15) is 5.10 Å². The van der Waals surface area contributed by atoms with E-state index >= 15 is 0 Å². The van der Waals surface area contributed by atoms with Crippen LogP contribution in [0.4, 0.5) is 0 Å². The summed E-state index contributed by atoms with van der Waals surface area (Å²) in [6.45, 7) is 4.73. The summed E-state index contributed by atoms with van der Waals surface area (Å²) < 4.78 is 10.9. The van der Waals surface area contributed by atoms with Crippen molar-refractivity contribution < 1.29 is 14.1 Å². The van der Waals surface area contributed by atoms with Crippen LogP contribution in [-0.2, 0) is 13.2 Å². The zero-order chi connectivity index (χ0) is 18.5. The van der Waals surface area contributed by atoms with E-state index in [2.05, 4.69) is 15.4 Å². The Bertz CT molecular complexity index is 855. The molecule has 0 fully saturated rings. The van der Waals surface area contributed by atoms with Crippen LogP contribution in [0.15, 0.2) is 47.0 Å². The Morgan fingerprint density at radius 2 is 2.04 bits per heavy atom. The average molecular weight is 354 g/mol. The van der Waals surface area contributed by atoms with E-state index in [9.17, 15) is 4.79 Å². The first-order chi connectivity index (χ1) is 12.5. The van der Waals surface area contributed by atoms with Crippen LogP contribution in [0, 0.1) is 0 Å². The van der Waals surface area contributed by atoms with Gasteiger partial charge in [0.15, 0.2) is 11.5 Å². The molecule has 1 N–H and O–H groups in total. The monoisotopic (exact) mass is 354 g/mol. The third-order valence-corrected chi connectivity index (χ3v) is 3.90. The van der Waals surface area contributed by atoms with Crippen LogP contribution in [0.25, 0.3) is 0 Å². The molecule has 26 heavy (non-hydrogen) atoms. The minimum Gasteiger partial charge on any atom is -0.487 e. The highest BCUT2D eigenvalue weighted by Crippen LogP contribution is 2.16. The Morgan fingerprint density at radius 1 is 1.27 bits per heavy atom. The van der Waals surface area contributed by atoms with Gasteiger partial charge in [0.25, 0.3) is 5.91 Å². The van der Waals surface area contributed by atoms with Crippen LogP contribution in [0.2, 0.25) is 0 Å². The zero-order valence-electron chi connectivity index (χ0n) is 15.1. The molecule has 2 heterocycles. The molecule has 7 nitrogen and oxygen atoms in total. The summed E-state index contributed by atoms with van der Waals surface area (Å²) in [5.41, 5.74) is 1.94. The fraction of sp³-hybridized carbons (Fsp3) is 0.316. The van der Waals surface area contributed by atoms with Crippen LogP contribution in [0.1, 0.15) is 47.4 Å². The zero-order valence-corrected chi connectivity index (χ0v) is 15.1. The molecule has 1 aromatic carbocycles. The first-order valence-corrected chi connectivity index (χ1v) is 8.46. The molecule has 1 amide bonds. The summed E-state index contributed by atoms with van der Waals surface area (Å²) in [7, 11) is 1.70. The van der Waals surface area contributed by atoms with Crippen molar-refractivity contribution in [1.29, 1.82) is 0 Å². The van der Waals surface area contributed by atoms with Crippen molar-refractivity contribution in [3.05, 3.63) is 65.3 Å². The van der Waals surface area contributed by atoms with Crippen LogP contribution in [0.5, 0.6) is 5.75 Å². The van der Waals surface area contributed by atoms with Crippen LogP contribution >= 0.6 is 0 Å². The summed E-state index contributed by atoms with van der Waals surface area (Å²) in [5.74, 6) is 1.49. The molecule has 0 unspecified atom stereocenters. The van der Waals surface area contributed by atoms with Gasteiger partial charge in [0.1, 0.15) is 12.4 Å². The molecule has 0 aliphatic heterocycles. The van der Waals surface area contributed by atoms with E-state index < -0.39 is 0 Å². The number of para-hydroxylation sites is 1. The lowest BCUT2D eigenvalue weighted by Gasteiger charge is -2.13. The summed E-state index contributed by atoms with van der Waals surface area (Å²) in [4.78, 5) is 14.1. The highest BCUT2D eigenvalue weighted by molar-refractivity contribution is 5.92. The largest absolute Gasteiger partial charge is 0.487 e. The van der Waals surface area contributed by atoms with Crippen LogP contribution < -0.4 is 4.74 Å². The van der Waals surface area contributed by atoms with Gasteiger partial charge in [-0.25, -0.2) is 0 Å². The van der Waals surface area contributed by atoms with Crippen molar-refractivity contribution in [3.8, 4) is 5.75 Å². The molecule has 7 heteroatoms. The fourth-order valence-electron chi connectivity index (χ4n) is 2.40. The maximum Gasteiger partial charge on any atom is 0.274 e. The summed E-state index contributed by atoms with van der Waals surface area (Å²) >= 11 is 0. The molecule has 3 aromatic rings. The molecule has 0 saturated carbocycles. The SMILES string of the molecule is CC(C)c1cc(CN(C)C(=O)c2cc(COc3ccccc3)[nH]n2)on1. The first kappa shape index (κ1) is 17.7.